The summed E-state index contributed by atoms with van der Waals surface area (Å²) < 4.78 is 1.74. The van der Waals surface area contributed by atoms with Gasteiger partial charge in [0.15, 0.2) is 10.9 Å². The Morgan fingerprint density at radius 3 is 2.72 bits per heavy atom. The van der Waals surface area contributed by atoms with Crippen molar-refractivity contribution in [2.24, 2.45) is 7.05 Å². The van der Waals surface area contributed by atoms with Crippen molar-refractivity contribution in [2.45, 2.75) is 20.3 Å². The Bertz CT molecular complexity index is 359. The first kappa shape index (κ1) is 14.9. The first-order chi connectivity index (χ1) is 8.65. The summed E-state index contributed by atoms with van der Waals surface area (Å²) in [5, 5.41) is 11.1. The van der Waals surface area contributed by atoms with Crippen LogP contribution >= 0.6 is 12.2 Å². The molecular weight excluding hydrogens is 246 g/mol. The topological polar surface area (TPSA) is 45.1 Å². The van der Waals surface area contributed by atoms with E-state index >= 15 is 0 Å². The monoisotopic (exact) mass is 269 g/mol. The summed E-state index contributed by atoms with van der Waals surface area (Å²) in [7, 11) is 1.88. The number of rotatable bonds is 7. The van der Waals surface area contributed by atoms with Gasteiger partial charge in [-0.25, -0.2) is 0 Å². The van der Waals surface area contributed by atoms with Gasteiger partial charge in [-0.3, -0.25) is 4.68 Å². The smallest absolute Gasteiger partial charge is 0.171 e. The van der Waals surface area contributed by atoms with Crippen LogP contribution in [0.3, 0.4) is 0 Å². The van der Waals surface area contributed by atoms with E-state index in [0.717, 1.165) is 38.4 Å². The molecule has 0 aliphatic rings. The van der Waals surface area contributed by atoms with Crippen LogP contribution in [-0.2, 0) is 7.05 Å². The second-order valence-corrected chi connectivity index (χ2v) is 4.54. The normalized spacial score (nSPS) is 10.7. The molecule has 2 N–H and O–H groups in total. The molecule has 1 aromatic rings. The van der Waals surface area contributed by atoms with Crippen molar-refractivity contribution in [1.29, 1.82) is 0 Å². The van der Waals surface area contributed by atoms with Crippen LogP contribution in [0.25, 0.3) is 0 Å². The lowest BCUT2D eigenvalue weighted by molar-refractivity contribution is 0.300. The molecule has 0 fully saturated rings. The Balaban J connectivity index is 2.14. The maximum Gasteiger partial charge on any atom is 0.171 e. The Morgan fingerprint density at radius 2 is 2.17 bits per heavy atom. The maximum absolute atomic E-state index is 5.20. The minimum absolute atomic E-state index is 0.633. The molecule has 1 aromatic heterocycles. The molecule has 0 saturated heterocycles. The standard InChI is InChI=1S/C12H23N5S/c1-4-17(5-2)9-6-8-13-12(18)14-11-7-10-16(3)15-11/h7,10H,4-6,8-9H2,1-3H3,(H2,13,14,15,18). The molecule has 0 aliphatic carbocycles. The van der Waals surface area contributed by atoms with Crippen molar-refractivity contribution in [3.63, 3.8) is 0 Å². The van der Waals surface area contributed by atoms with Gasteiger partial charge in [0.05, 0.1) is 0 Å². The molecule has 5 nitrogen and oxygen atoms in total. The van der Waals surface area contributed by atoms with Gasteiger partial charge in [0.25, 0.3) is 0 Å². The minimum Gasteiger partial charge on any atom is -0.362 e. The molecule has 0 atom stereocenters. The van der Waals surface area contributed by atoms with Crippen LogP contribution in [0.15, 0.2) is 12.3 Å². The maximum atomic E-state index is 5.20. The van der Waals surface area contributed by atoms with E-state index in [9.17, 15) is 0 Å². The van der Waals surface area contributed by atoms with Gasteiger partial charge in [0.1, 0.15) is 0 Å². The zero-order valence-electron chi connectivity index (χ0n) is 11.4. The second-order valence-electron chi connectivity index (χ2n) is 4.14. The van der Waals surface area contributed by atoms with E-state index in [1.54, 1.807) is 4.68 Å². The summed E-state index contributed by atoms with van der Waals surface area (Å²) >= 11 is 5.20. The van der Waals surface area contributed by atoms with Crippen LogP contribution < -0.4 is 10.6 Å². The molecule has 0 saturated carbocycles. The van der Waals surface area contributed by atoms with Gasteiger partial charge < -0.3 is 15.5 Å². The second kappa shape index (κ2) is 8.05. The number of anilines is 1. The molecule has 0 spiro atoms. The van der Waals surface area contributed by atoms with Gasteiger partial charge >= 0.3 is 0 Å². The van der Waals surface area contributed by atoms with Crippen molar-refractivity contribution in [1.82, 2.24) is 20.0 Å². The van der Waals surface area contributed by atoms with E-state index in [2.05, 4.69) is 34.5 Å². The fourth-order valence-electron chi connectivity index (χ4n) is 1.69. The van der Waals surface area contributed by atoms with E-state index in [4.69, 9.17) is 12.2 Å². The van der Waals surface area contributed by atoms with E-state index in [1.165, 1.54) is 0 Å². The highest BCUT2D eigenvalue weighted by Crippen LogP contribution is 2.00. The zero-order chi connectivity index (χ0) is 13.4. The number of nitrogens with one attached hydrogen (secondary N) is 2. The summed E-state index contributed by atoms with van der Waals surface area (Å²) in [6, 6.07) is 1.89. The highest BCUT2D eigenvalue weighted by Gasteiger charge is 2.01. The lowest BCUT2D eigenvalue weighted by Crippen LogP contribution is -2.32. The van der Waals surface area contributed by atoms with Crippen LogP contribution in [0.1, 0.15) is 20.3 Å². The third-order valence-corrected chi connectivity index (χ3v) is 3.03. The average Bonchev–Trinajstić information content (AvgIpc) is 2.75. The largest absolute Gasteiger partial charge is 0.362 e. The Kier molecular flexibility index (Phi) is 6.67. The predicted octanol–water partition coefficient (Wildman–Crippen LogP) is 1.44. The van der Waals surface area contributed by atoms with E-state index in [1.807, 2.05) is 19.3 Å². The van der Waals surface area contributed by atoms with Gasteiger partial charge in [0, 0.05) is 25.9 Å². The average molecular weight is 269 g/mol. The van der Waals surface area contributed by atoms with Crippen molar-refractivity contribution in [3.8, 4) is 0 Å². The summed E-state index contributed by atoms with van der Waals surface area (Å²) in [6.07, 6.45) is 2.97. The van der Waals surface area contributed by atoms with Gasteiger partial charge in [-0.2, -0.15) is 5.10 Å². The van der Waals surface area contributed by atoms with Gasteiger partial charge in [-0.1, -0.05) is 13.8 Å². The molecule has 6 heteroatoms. The van der Waals surface area contributed by atoms with Crippen LogP contribution in [0.2, 0.25) is 0 Å². The fourth-order valence-corrected chi connectivity index (χ4v) is 1.89. The molecule has 0 amide bonds. The summed E-state index contributed by atoms with van der Waals surface area (Å²) in [4.78, 5) is 2.40. The SMILES string of the molecule is CCN(CC)CCCNC(=S)Nc1ccn(C)n1. The van der Waals surface area contributed by atoms with Gasteiger partial charge in [-0.15, -0.1) is 0 Å². The first-order valence-electron chi connectivity index (χ1n) is 6.42. The third-order valence-electron chi connectivity index (χ3n) is 2.79. The first-order valence-corrected chi connectivity index (χ1v) is 6.83. The Morgan fingerprint density at radius 1 is 1.44 bits per heavy atom. The fraction of sp³-hybridized carbons (Fsp3) is 0.667. The zero-order valence-corrected chi connectivity index (χ0v) is 12.3. The number of hydrogen-bond acceptors (Lipinski definition) is 3. The molecule has 0 bridgehead atoms. The number of thiocarbonyl (C=S) groups is 1. The minimum atomic E-state index is 0.633. The summed E-state index contributed by atoms with van der Waals surface area (Å²) in [6.45, 7) is 8.57. The number of aromatic nitrogens is 2. The molecule has 0 radical (unpaired) electrons. The lowest BCUT2D eigenvalue weighted by Gasteiger charge is -2.18. The predicted molar refractivity (Wildman–Crippen MR) is 79.8 cm³/mol. The van der Waals surface area contributed by atoms with E-state index < -0.39 is 0 Å². The van der Waals surface area contributed by atoms with Gasteiger partial charge in [-0.05, 0) is 38.3 Å². The lowest BCUT2D eigenvalue weighted by atomic mass is 10.3. The summed E-state index contributed by atoms with van der Waals surface area (Å²) in [5.41, 5.74) is 0. The number of hydrogen-bond donors (Lipinski definition) is 2. The van der Waals surface area contributed by atoms with E-state index in [-0.39, 0.29) is 0 Å². The molecule has 0 unspecified atom stereocenters. The van der Waals surface area contributed by atoms with Crippen molar-refractivity contribution in [3.05, 3.63) is 12.3 Å². The Hall–Kier alpha value is -1.14. The third kappa shape index (κ3) is 5.46. The molecule has 1 rings (SSSR count). The van der Waals surface area contributed by atoms with Crippen molar-refractivity contribution >= 4 is 23.1 Å². The van der Waals surface area contributed by atoms with Crippen LogP contribution in [0, 0.1) is 0 Å². The molecule has 18 heavy (non-hydrogen) atoms. The van der Waals surface area contributed by atoms with Crippen molar-refractivity contribution < 1.29 is 0 Å². The highest BCUT2D eigenvalue weighted by molar-refractivity contribution is 7.80. The van der Waals surface area contributed by atoms with Crippen LogP contribution in [-0.4, -0.2) is 46.0 Å². The number of aryl methyl sites for hydroxylation is 1. The molecular formula is C12H23N5S. The van der Waals surface area contributed by atoms with Crippen LogP contribution in [0.4, 0.5) is 5.82 Å². The highest BCUT2D eigenvalue weighted by atomic mass is 32.1. The van der Waals surface area contributed by atoms with Gasteiger partial charge in [0.2, 0.25) is 0 Å². The number of nitrogens with zero attached hydrogens (tertiary/aromatic N) is 3. The van der Waals surface area contributed by atoms with Crippen molar-refractivity contribution in [2.75, 3.05) is 31.5 Å². The van der Waals surface area contributed by atoms with Crippen LogP contribution in [0.5, 0.6) is 0 Å². The molecule has 0 aromatic carbocycles. The molecule has 1 heterocycles. The quantitative estimate of drug-likeness (QED) is 0.579. The molecule has 102 valence electrons. The Labute approximate surface area is 115 Å². The van der Waals surface area contributed by atoms with E-state index in [0.29, 0.717) is 5.11 Å². The molecule has 0 aliphatic heterocycles. The summed E-state index contributed by atoms with van der Waals surface area (Å²) in [5.74, 6) is 0.777.